The molecule has 0 unspecified atom stereocenters. The molecule has 0 saturated carbocycles. The number of hydrogen-bond acceptors (Lipinski definition) is 3. The molecule has 0 bridgehead atoms. The zero-order chi connectivity index (χ0) is 26.0. The van der Waals surface area contributed by atoms with E-state index < -0.39 is 8.07 Å². The predicted octanol–water partition coefficient (Wildman–Crippen LogP) is 8.16. The number of aryl methyl sites for hydroxylation is 2. The van der Waals surface area contributed by atoms with Crippen molar-refractivity contribution in [3.05, 3.63) is 115 Å². The van der Waals surface area contributed by atoms with E-state index in [2.05, 4.69) is 91.1 Å². The topological polar surface area (TPSA) is 38.9 Å². The van der Waals surface area contributed by atoms with E-state index in [-0.39, 0.29) is 20.1 Å². The number of furan rings is 1. The van der Waals surface area contributed by atoms with Crippen molar-refractivity contribution in [1.82, 2.24) is 9.97 Å². The van der Waals surface area contributed by atoms with Crippen molar-refractivity contribution in [3.63, 3.8) is 0 Å². The molecule has 0 aliphatic carbocycles. The van der Waals surface area contributed by atoms with Crippen LogP contribution in [-0.2, 0) is 20.1 Å². The largest absolute Gasteiger partial charge is 0.455 e. The Morgan fingerprint density at radius 2 is 1.34 bits per heavy atom. The molecule has 1 radical (unpaired) electrons. The summed E-state index contributed by atoms with van der Waals surface area (Å²) < 4.78 is 5.84. The standard InChI is InChI=1S/C20H18NOSi.C13H12N.Ir/c1-23(2,3)15-10-8-14(9-11-15)18-12-17-16-6-4-5-7-19(16)22-20(17)13-21-18;1-10-3-6-12(7-4-10)13-8-5-11(2)9-14-13;/h4-8,10-13H,1-3H3;3-6,8-9H,1-2H3;/q2*-1;. The fourth-order valence-electron chi connectivity index (χ4n) is 4.12. The van der Waals surface area contributed by atoms with E-state index in [4.69, 9.17) is 4.42 Å². The maximum atomic E-state index is 5.84. The van der Waals surface area contributed by atoms with E-state index in [0.717, 1.165) is 44.5 Å². The maximum Gasteiger partial charge on any atom is 0.151 e. The molecule has 38 heavy (non-hydrogen) atoms. The van der Waals surface area contributed by atoms with Crippen molar-refractivity contribution in [2.24, 2.45) is 0 Å². The summed E-state index contributed by atoms with van der Waals surface area (Å²) in [6, 6.07) is 33.5. The zero-order valence-electron chi connectivity index (χ0n) is 22.3. The third-order valence-corrected chi connectivity index (χ3v) is 8.42. The fraction of sp³-hybridized carbons (Fsp3) is 0.152. The average Bonchev–Trinajstić information content (AvgIpc) is 3.28. The minimum atomic E-state index is -1.29. The fourth-order valence-corrected chi connectivity index (χ4v) is 5.21. The minimum Gasteiger partial charge on any atom is -0.455 e. The van der Waals surface area contributed by atoms with Crippen molar-refractivity contribution in [3.8, 4) is 22.5 Å². The molecule has 6 rings (SSSR count). The van der Waals surface area contributed by atoms with Crippen LogP contribution in [0.15, 0.2) is 95.7 Å². The summed E-state index contributed by atoms with van der Waals surface area (Å²) >= 11 is 0. The van der Waals surface area contributed by atoms with Crippen molar-refractivity contribution in [2.45, 2.75) is 33.5 Å². The first-order chi connectivity index (χ1) is 17.8. The Balaban J connectivity index is 0.000000193. The molecule has 0 aliphatic rings. The molecule has 3 aromatic heterocycles. The number of rotatable bonds is 3. The molecule has 0 amide bonds. The summed E-state index contributed by atoms with van der Waals surface area (Å²) in [6.45, 7) is 11.1. The molecule has 6 aromatic rings. The maximum absolute atomic E-state index is 5.84. The van der Waals surface area contributed by atoms with Gasteiger partial charge in [0, 0.05) is 45.1 Å². The Hall–Kier alpha value is -3.37. The smallest absolute Gasteiger partial charge is 0.151 e. The monoisotopic (exact) mass is 691 g/mol. The molecule has 0 aliphatic heterocycles. The second-order valence-electron chi connectivity index (χ2n) is 10.4. The van der Waals surface area contributed by atoms with Gasteiger partial charge in [0.15, 0.2) is 5.58 Å². The van der Waals surface area contributed by atoms with E-state index >= 15 is 0 Å². The Kier molecular flexibility index (Phi) is 8.42. The van der Waals surface area contributed by atoms with Crippen LogP contribution < -0.4 is 5.19 Å². The Morgan fingerprint density at radius 1 is 0.658 bits per heavy atom. The zero-order valence-corrected chi connectivity index (χ0v) is 25.7. The minimum absolute atomic E-state index is 0. The molecule has 3 heterocycles. The van der Waals surface area contributed by atoms with Gasteiger partial charge in [-0.2, -0.15) is 0 Å². The molecular weight excluding hydrogens is 661 g/mol. The molecular formula is C33H30IrN2OSi-2. The number of nitrogens with zero attached hydrogens (tertiary/aromatic N) is 2. The van der Waals surface area contributed by atoms with Gasteiger partial charge < -0.3 is 14.4 Å². The molecule has 0 fully saturated rings. The average molecular weight is 691 g/mol. The van der Waals surface area contributed by atoms with Gasteiger partial charge >= 0.3 is 0 Å². The molecule has 0 atom stereocenters. The quantitative estimate of drug-likeness (QED) is 0.139. The van der Waals surface area contributed by atoms with Crippen LogP contribution in [0.2, 0.25) is 19.6 Å². The van der Waals surface area contributed by atoms with Crippen molar-refractivity contribution < 1.29 is 24.5 Å². The van der Waals surface area contributed by atoms with E-state index in [1.807, 2.05) is 55.7 Å². The molecule has 0 N–H and O–H groups in total. The van der Waals surface area contributed by atoms with E-state index in [1.165, 1.54) is 16.3 Å². The summed E-state index contributed by atoms with van der Waals surface area (Å²) in [7, 11) is -1.29. The van der Waals surface area contributed by atoms with E-state index in [1.54, 1.807) is 0 Å². The molecule has 3 nitrogen and oxygen atoms in total. The van der Waals surface area contributed by atoms with Gasteiger partial charge in [0.25, 0.3) is 0 Å². The molecule has 3 aromatic carbocycles. The molecule has 0 spiro atoms. The van der Waals surface area contributed by atoms with E-state index in [9.17, 15) is 0 Å². The van der Waals surface area contributed by atoms with Crippen LogP contribution >= 0.6 is 0 Å². The van der Waals surface area contributed by atoms with Crippen LogP contribution in [0, 0.1) is 26.0 Å². The summed E-state index contributed by atoms with van der Waals surface area (Å²) in [4.78, 5) is 8.90. The number of fused-ring (bicyclic) bond motifs is 3. The summed E-state index contributed by atoms with van der Waals surface area (Å²) in [5.74, 6) is 0. The third-order valence-electron chi connectivity index (χ3n) is 6.37. The van der Waals surface area contributed by atoms with E-state index in [0.29, 0.717) is 0 Å². The summed E-state index contributed by atoms with van der Waals surface area (Å²) in [5.41, 5.74) is 8.13. The van der Waals surface area contributed by atoms with Gasteiger partial charge in [0.05, 0.1) is 6.20 Å². The Bertz CT molecular complexity index is 1610. The number of benzene rings is 3. The van der Waals surface area contributed by atoms with Crippen LogP contribution in [0.25, 0.3) is 44.5 Å². The Labute approximate surface area is 239 Å². The first-order valence-electron chi connectivity index (χ1n) is 12.5. The molecule has 0 saturated heterocycles. The van der Waals surface area contributed by atoms with Crippen LogP contribution in [0.5, 0.6) is 0 Å². The summed E-state index contributed by atoms with van der Waals surface area (Å²) in [6.07, 6.45) is 3.69. The van der Waals surface area contributed by atoms with Gasteiger partial charge in [-0.05, 0) is 29.9 Å². The predicted molar refractivity (Wildman–Crippen MR) is 157 cm³/mol. The number of pyridine rings is 2. The van der Waals surface area contributed by atoms with Crippen LogP contribution in [0.4, 0.5) is 0 Å². The van der Waals surface area contributed by atoms with Crippen molar-refractivity contribution in [1.29, 1.82) is 0 Å². The molecule has 193 valence electrons. The van der Waals surface area contributed by atoms with Gasteiger partial charge in [-0.3, -0.25) is 0 Å². The van der Waals surface area contributed by atoms with Crippen LogP contribution in [-0.4, -0.2) is 18.0 Å². The first kappa shape index (κ1) is 27.7. The number of aromatic nitrogens is 2. The Morgan fingerprint density at radius 3 is 2.00 bits per heavy atom. The van der Waals surface area contributed by atoms with Crippen LogP contribution in [0.3, 0.4) is 0 Å². The normalized spacial score (nSPS) is 11.1. The van der Waals surface area contributed by atoms with Crippen molar-refractivity contribution >= 4 is 35.2 Å². The van der Waals surface area contributed by atoms with Gasteiger partial charge in [0.2, 0.25) is 0 Å². The van der Waals surface area contributed by atoms with Gasteiger partial charge in [0.1, 0.15) is 5.58 Å². The third kappa shape index (κ3) is 6.19. The SMILES string of the molecule is C[Si](C)(C)c1c[c-]c(-c2cc3c(cn2)oc2ccccc23)cc1.Cc1c[c-]c(-c2ccc(C)cn2)cc1.[Ir]. The van der Waals surface area contributed by atoms with Gasteiger partial charge in [-0.25, -0.2) is 0 Å². The summed E-state index contributed by atoms with van der Waals surface area (Å²) in [5, 5.41) is 3.65. The number of hydrogen-bond donors (Lipinski definition) is 0. The second-order valence-corrected chi connectivity index (χ2v) is 15.5. The first-order valence-corrected chi connectivity index (χ1v) is 16.0. The second kappa shape index (κ2) is 11.6. The number of para-hydroxylation sites is 1. The van der Waals surface area contributed by atoms with Crippen molar-refractivity contribution in [2.75, 3.05) is 0 Å². The van der Waals surface area contributed by atoms with Gasteiger partial charge in [-0.15, -0.1) is 70.4 Å². The molecule has 5 heteroatoms. The van der Waals surface area contributed by atoms with Gasteiger partial charge in [-0.1, -0.05) is 63.0 Å². The van der Waals surface area contributed by atoms with Crippen LogP contribution in [0.1, 0.15) is 11.1 Å².